The van der Waals surface area contributed by atoms with Crippen LogP contribution in [0.2, 0.25) is 0 Å². The molecular formula is C12H22N4. The summed E-state index contributed by atoms with van der Waals surface area (Å²) in [5.74, 6) is 0.997. The normalized spacial score (nSPS) is 19.6. The first-order valence-corrected chi connectivity index (χ1v) is 5.95. The fourth-order valence-corrected chi connectivity index (χ4v) is 1.83. The van der Waals surface area contributed by atoms with E-state index in [0.29, 0.717) is 6.04 Å². The molecule has 1 fully saturated rings. The molecule has 16 heavy (non-hydrogen) atoms. The van der Waals surface area contributed by atoms with E-state index in [4.69, 9.17) is 0 Å². The predicted octanol–water partition coefficient (Wildman–Crippen LogP) is 1.64. The lowest BCUT2D eigenvalue weighted by Crippen LogP contribution is -2.31. The number of likely N-dealkylation sites (N-methyl/N-ethyl adjacent to an activating group) is 1. The second-order valence-electron chi connectivity index (χ2n) is 3.92. The number of rotatable bonds is 2. The van der Waals surface area contributed by atoms with E-state index < -0.39 is 0 Å². The van der Waals surface area contributed by atoms with Crippen molar-refractivity contribution in [1.82, 2.24) is 14.9 Å². The van der Waals surface area contributed by atoms with Crippen molar-refractivity contribution in [2.45, 2.75) is 26.3 Å². The van der Waals surface area contributed by atoms with Crippen LogP contribution < -0.4 is 4.90 Å². The Labute approximate surface area is 98.3 Å². The van der Waals surface area contributed by atoms with E-state index in [1.54, 1.807) is 12.4 Å². The van der Waals surface area contributed by atoms with Gasteiger partial charge in [0.25, 0.3) is 0 Å². The maximum absolute atomic E-state index is 4.30. The first-order valence-electron chi connectivity index (χ1n) is 5.95. The fourth-order valence-electron chi connectivity index (χ4n) is 1.83. The summed E-state index contributed by atoms with van der Waals surface area (Å²) in [6, 6.07) is 0.650. The summed E-state index contributed by atoms with van der Waals surface area (Å²) in [6.07, 6.45) is 6.50. The molecule has 0 N–H and O–H groups in total. The van der Waals surface area contributed by atoms with Crippen LogP contribution in [0.4, 0.5) is 5.82 Å². The average Bonchev–Trinajstić information content (AvgIpc) is 2.82. The second-order valence-corrected chi connectivity index (χ2v) is 3.92. The van der Waals surface area contributed by atoms with Crippen molar-refractivity contribution in [1.29, 1.82) is 0 Å². The topological polar surface area (TPSA) is 32.3 Å². The molecule has 1 unspecified atom stereocenters. The van der Waals surface area contributed by atoms with Crippen LogP contribution in [-0.2, 0) is 0 Å². The highest BCUT2D eigenvalue weighted by Crippen LogP contribution is 2.18. The molecule has 0 spiro atoms. The Balaban J connectivity index is 0.000000606. The minimum Gasteiger partial charge on any atom is -0.354 e. The third kappa shape index (κ3) is 3.17. The molecule has 2 heterocycles. The first-order chi connectivity index (χ1) is 7.77. The predicted molar refractivity (Wildman–Crippen MR) is 67.7 cm³/mol. The summed E-state index contributed by atoms with van der Waals surface area (Å²) in [6.45, 7) is 6.15. The van der Waals surface area contributed by atoms with Crippen molar-refractivity contribution in [3.63, 3.8) is 0 Å². The quantitative estimate of drug-likeness (QED) is 0.761. The fraction of sp³-hybridized carbons (Fsp3) is 0.667. The monoisotopic (exact) mass is 222 g/mol. The molecule has 1 aliphatic rings. The van der Waals surface area contributed by atoms with Gasteiger partial charge in [-0.1, -0.05) is 13.8 Å². The number of hydrogen-bond donors (Lipinski definition) is 0. The van der Waals surface area contributed by atoms with Crippen LogP contribution in [0.1, 0.15) is 20.3 Å². The van der Waals surface area contributed by atoms with E-state index in [-0.39, 0.29) is 0 Å². The Morgan fingerprint density at radius 3 is 2.56 bits per heavy atom. The van der Waals surface area contributed by atoms with Gasteiger partial charge in [0.05, 0.1) is 6.20 Å². The van der Waals surface area contributed by atoms with Gasteiger partial charge in [0, 0.05) is 31.5 Å². The molecule has 2 rings (SSSR count). The van der Waals surface area contributed by atoms with E-state index in [2.05, 4.69) is 33.9 Å². The van der Waals surface area contributed by atoms with Gasteiger partial charge in [-0.25, -0.2) is 4.98 Å². The molecule has 1 aromatic heterocycles. The Bertz CT molecular complexity index is 286. The van der Waals surface area contributed by atoms with Gasteiger partial charge in [0.1, 0.15) is 5.82 Å². The maximum Gasteiger partial charge on any atom is 0.147 e. The first kappa shape index (κ1) is 12.9. The number of nitrogens with zero attached hydrogens (tertiary/aromatic N) is 4. The van der Waals surface area contributed by atoms with Gasteiger partial charge >= 0.3 is 0 Å². The third-order valence-electron chi connectivity index (χ3n) is 2.77. The summed E-state index contributed by atoms with van der Waals surface area (Å²) >= 11 is 0. The zero-order valence-electron chi connectivity index (χ0n) is 10.7. The highest BCUT2D eigenvalue weighted by molar-refractivity contribution is 5.36. The van der Waals surface area contributed by atoms with Crippen LogP contribution >= 0.6 is 0 Å². The Hall–Kier alpha value is -1.16. The molecule has 4 nitrogen and oxygen atoms in total. The summed E-state index contributed by atoms with van der Waals surface area (Å²) in [5.41, 5.74) is 0. The van der Waals surface area contributed by atoms with Gasteiger partial charge in [-0.3, -0.25) is 4.98 Å². The van der Waals surface area contributed by atoms with Gasteiger partial charge in [-0.15, -0.1) is 0 Å². The van der Waals surface area contributed by atoms with Crippen LogP contribution in [-0.4, -0.2) is 48.1 Å². The summed E-state index contributed by atoms with van der Waals surface area (Å²) in [5, 5.41) is 0. The highest BCUT2D eigenvalue weighted by Gasteiger charge is 2.24. The molecule has 0 aliphatic carbocycles. The molecule has 0 radical (unpaired) electrons. The van der Waals surface area contributed by atoms with E-state index in [9.17, 15) is 0 Å². The Morgan fingerprint density at radius 1 is 1.31 bits per heavy atom. The molecule has 0 bridgehead atoms. The average molecular weight is 222 g/mol. The third-order valence-corrected chi connectivity index (χ3v) is 2.77. The van der Waals surface area contributed by atoms with Crippen molar-refractivity contribution in [2.24, 2.45) is 0 Å². The summed E-state index contributed by atoms with van der Waals surface area (Å²) in [4.78, 5) is 12.9. The molecule has 4 heteroatoms. The molecule has 0 amide bonds. The summed E-state index contributed by atoms with van der Waals surface area (Å²) < 4.78 is 0. The van der Waals surface area contributed by atoms with Crippen LogP contribution in [0, 0.1) is 0 Å². The van der Waals surface area contributed by atoms with Crippen molar-refractivity contribution in [3.05, 3.63) is 18.6 Å². The Kier molecular flexibility index (Phi) is 5.19. The summed E-state index contributed by atoms with van der Waals surface area (Å²) in [7, 11) is 4.26. The van der Waals surface area contributed by atoms with Gasteiger partial charge < -0.3 is 9.80 Å². The molecule has 1 aliphatic heterocycles. The number of hydrogen-bond acceptors (Lipinski definition) is 4. The lowest BCUT2D eigenvalue weighted by atomic mass is 10.2. The second kappa shape index (κ2) is 6.43. The van der Waals surface area contributed by atoms with Crippen molar-refractivity contribution in [2.75, 3.05) is 32.1 Å². The van der Waals surface area contributed by atoms with Crippen LogP contribution in [0.15, 0.2) is 18.6 Å². The van der Waals surface area contributed by atoms with E-state index in [1.807, 2.05) is 20.0 Å². The van der Waals surface area contributed by atoms with Crippen LogP contribution in [0.5, 0.6) is 0 Å². The van der Waals surface area contributed by atoms with Gasteiger partial charge in [0.2, 0.25) is 0 Å². The zero-order chi connectivity index (χ0) is 12.0. The molecule has 0 saturated carbocycles. The van der Waals surface area contributed by atoms with E-state index in [1.165, 1.54) is 6.42 Å². The highest BCUT2D eigenvalue weighted by atomic mass is 15.3. The van der Waals surface area contributed by atoms with Gasteiger partial charge in [-0.05, 0) is 20.5 Å². The molecular weight excluding hydrogens is 200 g/mol. The largest absolute Gasteiger partial charge is 0.354 e. The van der Waals surface area contributed by atoms with Crippen molar-refractivity contribution < 1.29 is 0 Å². The van der Waals surface area contributed by atoms with Gasteiger partial charge in [-0.2, -0.15) is 0 Å². The maximum atomic E-state index is 4.30. The van der Waals surface area contributed by atoms with Crippen LogP contribution in [0.25, 0.3) is 0 Å². The molecule has 0 aromatic carbocycles. The SMILES string of the molecule is CC.CN(C)C1CCN(c2cnccn2)C1. The van der Waals surface area contributed by atoms with Gasteiger partial charge in [0.15, 0.2) is 0 Å². The molecule has 1 saturated heterocycles. The number of aromatic nitrogens is 2. The molecule has 1 atom stereocenters. The smallest absolute Gasteiger partial charge is 0.147 e. The zero-order valence-corrected chi connectivity index (χ0v) is 10.7. The minimum atomic E-state index is 0.650. The number of anilines is 1. The standard InChI is InChI=1S/C10H16N4.C2H6/c1-13(2)9-3-6-14(8-9)10-7-11-4-5-12-10;1-2/h4-5,7,9H,3,6,8H2,1-2H3;1-2H3. The lowest BCUT2D eigenvalue weighted by Gasteiger charge is -2.20. The minimum absolute atomic E-state index is 0.650. The van der Waals surface area contributed by atoms with Crippen LogP contribution in [0.3, 0.4) is 0 Å². The molecule has 90 valence electrons. The lowest BCUT2D eigenvalue weighted by molar-refractivity contribution is 0.315. The molecule has 1 aromatic rings. The van der Waals surface area contributed by atoms with Crippen molar-refractivity contribution >= 4 is 5.82 Å². The van der Waals surface area contributed by atoms with E-state index in [0.717, 1.165) is 18.9 Å². The van der Waals surface area contributed by atoms with E-state index >= 15 is 0 Å². The van der Waals surface area contributed by atoms with Crippen molar-refractivity contribution in [3.8, 4) is 0 Å². The Morgan fingerprint density at radius 2 is 2.06 bits per heavy atom.